The Morgan fingerprint density at radius 2 is 2.00 bits per heavy atom. The predicted molar refractivity (Wildman–Crippen MR) is 48.8 cm³/mol. The summed E-state index contributed by atoms with van der Waals surface area (Å²) in [5, 5.41) is 0. The van der Waals surface area contributed by atoms with Gasteiger partial charge >= 0.3 is 6.18 Å². The predicted octanol–water partition coefficient (Wildman–Crippen LogP) is 2.95. The third-order valence-electron chi connectivity index (χ3n) is 1.92. The molecule has 0 saturated heterocycles. The van der Waals surface area contributed by atoms with Crippen molar-refractivity contribution in [3.8, 4) is 0 Å². The van der Waals surface area contributed by atoms with E-state index in [1.165, 1.54) is 0 Å². The quantitative estimate of drug-likeness (QED) is 0.785. The van der Waals surface area contributed by atoms with E-state index in [4.69, 9.17) is 5.73 Å². The van der Waals surface area contributed by atoms with Crippen LogP contribution in [0.1, 0.15) is 23.6 Å². The molecule has 1 nitrogen and oxygen atoms in total. The van der Waals surface area contributed by atoms with Gasteiger partial charge in [-0.05, 0) is 12.5 Å². The Morgan fingerprint density at radius 3 is 2.50 bits per heavy atom. The second-order valence-electron chi connectivity index (χ2n) is 3.34. The Bertz CT molecular complexity index is 306. The molecule has 2 N–H and O–H groups in total. The molecular formula is C10H12F3N. The van der Waals surface area contributed by atoms with Crippen LogP contribution in [-0.2, 0) is 0 Å². The average Bonchev–Trinajstić information content (AvgIpc) is 2.01. The van der Waals surface area contributed by atoms with E-state index in [1.54, 1.807) is 18.2 Å². The first-order valence-electron chi connectivity index (χ1n) is 4.27. The number of aryl methyl sites for hydroxylation is 1. The molecule has 1 atom stereocenters. The topological polar surface area (TPSA) is 26.0 Å². The fraction of sp³-hybridized carbons (Fsp3) is 0.400. The highest BCUT2D eigenvalue weighted by Gasteiger charge is 2.30. The number of nitrogens with two attached hydrogens (primary N) is 1. The average molecular weight is 203 g/mol. The highest BCUT2D eigenvalue weighted by molar-refractivity contribution is 5.24. The molecule has 0 radical (unpaired) electrons. The fourth-order valence-corrected chi connectivity index (χ4v) is 1.27. The summed E-state index contributed by atoms with van der Waals surface area (Å²) in [5.74, 6) is 0. The summed E-state index contributed by atoms with van der Waals surface area (Å²) in [6.07, 6.45) is -5.18. The molecule has 0 aromatic heterocycles. The molecule has 0 aliphatic rings. The van der Waals surface area contributed by atoms with Crippen LogP contribution < -0.4 is 5.73 Å². The van der Waals surface area contributed by atoms with Crippen molar-refractivity contribution in [2.45, 2.75) is 25.6 Å². The maximum Gasteiger partial charge on any atom is 0.390 e. The minimum Gasteiger partial charge on any atom is -0.324 e. The van der Waals surface area contributed by atoms with Gasteiger partial charge in [0, 0.05) is 6.04 Å². The lowest BCUT2D eigenvalue weighted by Crippen LogP contribution is -2.20. The van der Waals surface area contributed by atoms with E-state index in [9.17, 15) is 13.2 Å². The van der Waals surface area contributed by atoms with Crippen molar-refractivity contribution < 1.29 is 13.2 Å². The Kier molecular flexibility index (Phi) is 3.16. The maximum absolute atomic E-state index is 12.0. The highest BCUT2D eigenvalue weighted by atomic mass is 19.4. The van der Waals surface area contributed by atoms with E-state index in [2.05, 4.69) is 0 Å². The van der Waals surface area contributed by atoms with Gasteiger partial charge < -0.3 is 5.73 Å². The minimum absolute atomic E-state index is 0.530. The highest BCUT2D eigenvalue weighted by Crippen LogP contribution is 2.27. The fourth-order valence-electron chi connectivity index (χ4n) is 1.27. The number of hydrogen-bond donors (Lipinski definition) is 1. The molecule has 0 bridgehead atoms. The molecule has 0 aliphatic heterocycles. The van der Waals surface area contributed by atoms with Gasteiger partial charge in [0.1, 0.15) is 0 Å². The zero-order chi connectivity index (χ0) is 10.8. The SMILES string of the molecule is Cc1cccc([C@@H](N)CC(F)(F)F)c1. The Balaban J connectivity index is 2.74. The van der Waals surface area contributed by atoms with Crippen molar-refractivity contribution in [2.75, 3.05) is 0 Å². The molecule has 14 heavy (non-hydrogen) atoms. The zero-order valence-corrected chi connectivity index (χ0v) is 7.81. The van der Waals surface area contributed by atoms with Gasteiger partial charge in [-0.15, -0.1) is 0 Å². The molecule has 0 saturated carbocycles. The van der Waals surface area contributed by atoms with E-state index in [0.29, 0.717) is 5.56 Å². The minimum atomic E-state index is -4.21. The summed E-state index contributed by atoms with van der Waals surface area (Å²) < 4.78 is 36.0. The summed E-state index contributed by atoms with van der Waals surface area (Å²) in [7, 11) is 0. The van der Waals surface area contributed by atoms with Gasteiger partial charge in [-0.25, -0.2) is 0 Å². The molecule has 1 rings (SSSR count). The lowest BCUT2D eigenvalue weighted by Gasteiger charge is -2.14. The molecule has 78 valence electrons. The van der Waals surface area contributed by atoms with Crippen LogP contribution in [0.5, 0.6) is 0 Å². The van der Waals surface area contributed by atoms with Crippen LogP contribution in [0.15, 0.2) is 24.3 Å². The monoisotopic (exact) mass is 203 g/mol. The Labute approximate surface area is 80.7 Å². The van der Waals surface area contributed by atoms with Gasteiger partial charge in [0.25, 0.3) is 0 Å². The summed E-state index contributed by atoms with van der Waals surface area (Å²) >= 11 is 0. The van der Waals surface area contributed by atoms with Crippen LogP contribution in [0, 0.1) is 6.92 Å². The third-order valence-corrected chi connectivity index (χ3v) is 1.92. The largest absolute Gasteiger partial charge is 0.390 e. The molecule has 4 heteroatoms. The standard InChI is InChI=1S/C10H12F3N/c1-7-3-2-4-8(5-7)9(14)6-10(11,12)13/h2-5,9H,6,14H2,1H3/t9-/m0/s1. The normalized spacial score (nSPS) is 14.1. The van der Waals surface area contributed by atoms with Crippen molar-refractivity contribution in [1.29, 1.82) is 0 Å². The summed E-state index contributed by atoms with van der Waals surface area (Å²) in [6, 6.07) is 5.86. The maximum atomic E-state index is 12.0. The molecule has 0 amide bonds. The third kappa shape index (κ3) is 3.38. The second kappa shape index (κ2) is 4.00. The van der Waals surface area contributed by atoms with E-state index in [0.717, 1.165) is 5.56 Å². The summed E-state index contributed by atoms with van der Waals surface area (Å²) in [5.41, 5.74) is 6.88. The molecule has 0 aliphatic carbocycles. The molecule has 1 aromatic carbocycles. The van der Waals surface area contributed by atoms with Gasteiger partial charge in [0.2, 0.25) is 0 Å². The van der Waals surface area contributed by atoms with Gasteiger partial charge in [-0.2, -0.15) is 13.2 Å². The zero-order valence-electron chi connectivity index (χ0n) is 7.81. The van der Waals surface area contributed by atoms with Crippen molar-refractivity contribution >= 4 is 0 Å². The molecule has 1 aromatic rings. The molecule has 0 heterocycles. The number of hydrogen-bond acceptors (Lipinski definition) is 1. The van der Waals surface area contributed by atoms with E-state index in [1.807, 2.05) is 13.0 Å². The van der Waals surface area contributed by atoms with Crippen LogP contribution in [0.4, 0.5) is 13.2 Å². The van der Waals surface area contributed by atoms with Crippen LogP contribution in [-0.4, -0.2) is 6.18 Å². The lowest BCUT2D eigenvalue weighted by atomic mass is 10.0. The van der Waals surface area contributed by atoms with E-state index in [-0.39, 0.29) is 0 Å². The first-order chi connectivity index (χ1) is 6.38. The van der Waals surface area contributed by atoms with Crippen LogP contribution in [0.25, 0.3) is 0 Å². The van der Waals surface area contributed by atoms with Crippen molar-refractivity contribution in [3.05, 3.63) is 35.4 Å². The van der Waals surface area contributed by atoms with Crippen molar-refractivity contribution in [2.24, 2.45) is 5.73 Å². The van der Waals surface area contributed by atoms with Gasteiger partial charge in [-0.1, -0.05) is 29.8 Å². The summed E-state index contributed by atoms with van der Waals surface area (Å²) in [4.78, 5) is 0. The first kappa shape index (κ1) is 11.0. The summed E-state index contributed by atoms with van der Waals surface area (Å²) in [6.45, 7) is 1.82. The van der Waals surface area contributed by atoms with Gasteiger partial charge in [0.15, 0.2) is 0 Å². The van der Waals surface area contributed by atoms with E-state index < -0.39 is 18.6 Å². The molecular weight excluding hydrogens is 191 g/mol. The van der Waals surface area contributed by atoms with Crippen LogP contribution >= 0.6 is 0 Å². The van der Waals surface area contributed by atoms with Crippen molar-refractivity contribution in [1.82, 2.24) is 0 Å². The molecule has 0 unspecified atom stereocenters. The number of halogens is 3. The molecule has 0 spiro atoms. The molecule has 0 fully saturated rings. The Morgan fingerprint density at radius 1 is 1.36 bits per heavy atom. The first-order valence-corrected chi connectivity index (χ1v) is 4.27. The second-order valence-corrected chi connectivity index (χ2v) is 3.34. The number of alkyl halides is 3. The number of benzene rings is 1. The number of rotatable bonds is 2. The van der Waals surface area contributed by atoms with E-state index >= 15 is 0 Å². The van der Waals surface area contributed by atoms with Gasteiger partial charge in [0.05, 0.1) is 6.42 Å². The smallest absolute Gasteiger partial charge is 0.324 e. The van der Waals surface area contributed by atoms with Gasteiger partial charge in [-0.3, -0.25) is 0 Å². The van der Waals surface area contributed by atoms with Crippen LogP contribution in [0.3, 0.4) is 0 Å². The lowest BCUT2D eigenvalue weighted by molar-refractivity contribution is -0.138. The van der Waals surface area contributed by atoms with Crippen molar-refractivity contribution in [3.63, 3.8) is 0 Å². The van der Waals surface area contributed by atoms with Crippen LogP contribution in [0.2, 0.25) is 0 Å². The Hall–Kier alpha value is -1.03.